The van der Waals surface area contributed by atoms with E-state index in [1.54, 1.807) is 6.08 Å². The van der Waals surface area contributed by atoms with Gasteiger partial charge < -0.3 is 10.1 Å². The SMILES string of the molecule is C=CCOc1ccc(C=C(CNCC(C)C)C(C)C)cc1. The Morgan fingerprint density at radius 1 is 1.19 bits per heavy atom. The molecule has 2 heteroatoms. The second kappa shape index (κ2) is 9.41. The molecule has 0 aromatic heterocycles. The monoisotopic (exact) mass is 287 g/mol. The van der Waals surface area contributed by atoms with Crippen molar-refractivity contribution in [1.29, 1.82) is 0 Å². The van der Waals surface area contributed by atoms with Gasteiger partial charge in [-0.1, -0.05) is 64.1 Å². The van der Waals surface area contributed by atoms with E-state index in [1.807, 2.05) is 12.1 Å². The number of hydrogen-bond donors (Lipinski definition) is 1. The van der Waals surface area contributed by atoms with Gasteiger partial charge in [-0.25, -0.2) is 0 Å². The molecule has 1 N–H and O–H groups in total. The van der Waals surface area contributed by atoms with Crippen LogP contribution in [-0.2, 0) is 0 Å². The van der Waals surface area contributed by atoms with Gasteiger partial charge in [-0.3, -0.25) is 0 Å². The van der Waals surface area contributed by atoms with E-state index in [2.05, 4.69) is 57.8 Å². The van der Waals surface area contributed by atoms with Gasteiger partial charge in [-0.05, 0) is 36.1 Å². The summed E-state index contributed by atoms with van der Waals surface area (Å²) in [4.78, 5) is 0. The zero-order valence-corrected chi connectivity index (χ0v) is 13.9. The molecule has 0 radical (unpaired) electrons. The van der Waals surface area contributed by atoms with Gasteiger partial charge >= 0.3 is 0 Å². The van der Waals surface area contributed by atoms with Crippen LogP contribution in [0.1, 0.15) is 33.3 Å². The van der Waals surface area contributed by atoms with E-state index in [1.165, 1.54) is 11.1 Å². The van der Waals surface area contributed by atoms with Gasteiger partial charge in [0, 0.05) is 6.54 Å². The topological polar surface area (TPSA) is 21.3 Å². The molecule has 21 heavy (non-hydrogen) atoms. The summed E-state index contributed by atoms with van der Waals surface area (Å²) >= 11 is 0. The average Bonchev–Trinajstić information content (AvgIpc) is 2.45. The van der Waals surface area contributed by atoms with Gasteiger partial charge in [0.25, 0.3) is 0 Å². The lowest BCUT2D eigenvalue weighted by Gasteiger charge is -2.14. The highest BCUT2D eigenvalue weighted by atomic mass is 16.5. The third kappa shape index (κ3) is 7.14. The number of benzene rings is 1. The van der Waals surface area contributed by atoms with Crippen molar-refractivity contribution < 1.29 is 4.74 Å². The van der Waals surface area contributed by atoms with Crippen LogP contribution in [0.25, 0.3) is 6.08 Å². The predicted molar refractivity (Wildman–Crippen MR) is 92.7 cm³/mol. The van der Waals surface area contributed by atoms with Crippen LogP contribution in [0.15, 0.2) is 42.5 Å². The molecule has 0 atom stereocenters. The van der Waals surface area contributed by atoms with Crippen LogP contribution >= 0.6 is 0 Å². The van der Waals surface area contributed by atoms with Crippen LogP contribution in [-0.4, -0.2) is 19.7 Å². The fourth-order valence-electron chi connectivity index (χ4n) is 1.96. The quantitative estimate of drug-likeness (QED) is 0.673. The maximum atomic E-state index is 5.50. The number of nitrogens with one attached hydrogen (secondary N) is 1. The highest BCUT2D eigenvalue weighted by molar-refractivity contribution is 5.54. The molecule has 1 aromatic rings. The average molecular weight is 287 g/mol. The van der Waals surface area contributed by atoms with Gasteiger partial charge in [-0.2, -0.15) is 0 Å². The molecule has 0 spiro atoms. The van der Waals surface area contributed by atoms with Crippen LogP contribution in [0.2, 0.25) is 0 Å². The Morgan fingerprint density at radius 2 is 1.86 bits per heavy atom. The predicted octanol–water partition coefficient (Wildman–Crippen LogP) is 4.54. The molecule has 116 valence electrons. The molecule has 1 aromatic carbocycles. The molecule has 0 unspecified atom stereocenters. The third-order valence-electron chi connectivity index (χ3n) is 3.22. The molecular formula is C19H29NO. The number of hydrogen-bond acceptors (Lipinski definition) is 2. The van der Waals surface area contributed by atoms with Gasteiger partial charge in [-0.15, -0.1) is 0 Å². The molecule has 0 fully saturated rings. The lowest BCUT2D eigenvalue weighted by Crippen LogP contribution is -2.23. The van der Waals surface area contributed by atoms with Crippen molar-refractivity contribution in [2.75, 3.05) is 19.7 Å². The molecule has 0 aliphatic heterocycles. The Morgan fingerprint density at radius 3 is 2.38 bits per heavy atom. The summed E-state index contributed by atoms with van der Waals surface area (Å²) in [7, 11) is 0. The Kier molecular flexibility index (Phi) is 7.84. The van der Waals surface area contributed by atoms with Crippen LogP contribution < -0.4 is 10.1 Å². The minimum Gasteiger partial charge on any atom is -0.490 e. The zero-order chi connectivity index (χ0) is 15.7. The summed E-state index contributed by atoms with van der Waals surface area (Å²) in [5, 5.41) is 3.52. The first kappa shape index (κ1) is 17.5. The first-order chi connectivity index (χ1) is 10.0. The highest BCUT2D eigenvalue weighted by Crippen LogP contribution is 2.17. The van der Waals surface area contributed by atoms with Crippen LogP contribution in [0, 0.1) is 11.8 Å². The summed E-state index contributed by atoms with van der Waals surface area (Å²) in [5.74, 6) is 2.11. The fraction of sp³-hybridized carbons (Fsp3) is 0.474. The third-order valence-corrected chi connectivity index (χ3v) is 3.22. The largest absolute Gasteiger partial charge is 0.490 e. The fourth-order valence-corrected chi connectivity index (χ4v) is 1.96. The highest BCUT2D eigenvalue weighted by Gasteiger charge is 2.04. The molecular weight excluding hydrogens is 258 g/mol. The van der Waals surface area contributed by atoms with Crippen molar-refractivity contribution in [3.05, 3.63) is 48.1 Å². The molecule has 0 bridgehead atoms. The van der Waals surface area contributed by atoms with Crippen LogP contribution in [0.3, 0.4) is 0 Å². The van der Waals surface area contributed by atoms with Crippen molar-refractivity contribution in [2.24, 2.45) is 11.8 Å². The lowest BCUT2D eigenvalue weighted by molar-refractivity contribution is 0.363. The van der Waals surface area contributed by atoms with E-state index < -0.39 is 0 Å². The van der Waals surface area contributed by atoms with Gasteiger partial charge in [0.2, 0.25) is 0 Å². The smallest absolute Gasteiger partial charge is 0.119 e. The molecule has 0 aliphatic carbocycles. The van der Waals surface area contributed by atoms with Crippen LogP contribution in [0.4, 0.5) is 0 Å². The summed E-state index contributed by atoms with van der Waals surface area (Å²) in [6.45, 7) is 15.1. The normalized spacial score (nSPS) is 12.0. The molecule has 2 nitrogen and oxygen atoms in total. The van der Waals surface area contributed by atoms with Crippen molar-refractivity contribution in [3.8, 4) is 5.75 Å². The Bertz CT molecular complexity index is 443. The Hall–Kier alpha value is -1.54. The summed E-state index contributed by atoms with van der Waals surface area (Å²) < 4.78 is 5.50. The first-order valence-corrected chi connectivity index (χ1v) is 7.77. The minimum atomic E-state index is 0.543. The van der Waals surface area contributed by atoms with E-state index in [-0.39, 0.29) is 0 Å². The summed E-state index contributed by atoms with van der Waals surface area (Å²) in [6.07, 6.45) is 4.03. The molecule has 0 saturated heterocycles. The summed E-state index contributed by atoms with van der Waals surface area (Å²) in [6, 6.07) is 8.22. The first-order valence-electron chi connectivity index (χ1n) is 7.77. The molecule has 0 heterocycles. The maximum absolute atomic E-state index is 5.50. The van der Waals surface area contributed by atoms with Gasteiger partial charge in [0.15, 0.2) is 0 Å². The van der Waals surface area contributed by atoms with Crippen molar-refractivity contribution in [3.63, 3.8) is 0 Å². The molecule has 0 aliphatic rings. The van der Waals surface area contributed by atoms with E-state index in [9.17, 15) is 0 Å². The van der Waals surface area contributed by atoms with E-state index in [0.29, 0.717) is 18.4 Å². The second-order valence-electron chi connectivity index (χ2n) is 6.07. The molecule has 0 saturated carbocycles. The summed E-state index contributed by atoms with van der Waals surface area (Å²) in [5.41, 5.74) is 2.64. The Labute approximate surface area is 129 Å². The Balaban J connectivity index is 2.68. The van der Waals surface area contributed by atoms with Crippen LogP contribution in [0.5, 0.6) is 5.75 Å². The van der Waals surface area contributed by atoms with Crippen molar-refractivity contribution in [1.82, 2.24) is 5.32 Å². The standard InChI is InChI=1S/C19H29NO/c1-6-11-21-19-9-7-17(8-10-19)12-18(16(4)5)14-20-13-15(2)3/h6-10,12,15-16,20H,1,11,13-14H2,2-5H3. The van der Waals surface area contributed by atoms with E-state index >= 15 is 0 Å². The maximum Gasteiger partial charge on any atom is 0.119 e. The minimum absolute atomic E-state index is 0.543. The van der Waals surface area contributed by atoms with Gasteiger partial charge in [0.1, 0.15) is 12.4 Å². The van der Waals surface area contributed by atoms with E-state index in [0.717, 1.165) is 18.8 Å². The number of ether oxygens (including phenoxy) is 1. The van der Waals surface area contributed by atoms with E-state index in [4.69, 9.17) is 4.74 Å². The lowest BCUT2D eigenvalue weighted by atomic mass is 10.00. The zero-order valence-electron chi connectivity index (χ0n) is 13.9. The second-order valence-corrected chi connectivity index (χ2v) is 6.07. The molecule has 0 amide bonds. The van der Waals surface area contributed by atoms with Crippen molar-refractivity contribution in [2.45, 2.75) is 27.7 Å². The number of rotatable bonds is 9. The van der Waals surface area contributed by atoms with Crippen molar-refractivity contribution >= 4 is 6.08 Å². The van der Waals surface area contributed by atoms with Gasteiger partial charge in [0.05, 0.1) is 0 Å². The molecule has 1 rings (SSSR count).